The summed E-state index contributed by atoms with van der Waals surface area (Å²) in [6.07, 6.45) is -9.34. The smallest absolute Gasteiger partial charge is 0.363 e. The summed E-state index contributed by atoms with van der Waals surface area (Å²) < 4.78 is 97.5. The fourth-order valence-corrected chi connectivity index (χ4v) is 6.53. The quantitative estimate of drug-likeness (QED) is 0.247. The Morgan fingerprint density at radius 3 is 2.11 bits per heavy atom. The van der Waals surface area contributed by atoms with Gasteiger partial charge in [-0.05, 0) is 36.8 Å². The van der Waals surface area contributed by atoms with Crippen LogP contribution >= 0.6 is 11.3 Å². The molecule has 15 heteroatoms. The van der Waals surface area contributed by atoms with Gasteiger partial charge in [0.25, 0.3) is 5.56 Å². The van der Waals surface area contributed by atoms with Crippen LogP contribution in [0, 0.1) is 12.7 Å². The summed E-state index contributed by atoms with van der Waals surface area (Å²) in [7, 11) is 0. The molecule has 3 heterocycles. The molecular formula is C31H30F7N5O2S. The predicted octanol–water partition coefficient (Wildman–Crippen LogP) is 5.63. The minimum atomic E-state index is -4.90. The van der Waals surface area contributed by atoms with Crippen molar-refractivity contribution in [3.63, 3.8) is 0 Å². The number of hydrogen-bond acceptors (Lipinski definition) is 6. The number of nitrogens with zero attached hydrogens (tertiary/aromatic N) is 4. The summed E-state index contributed by atoms with van der Waals surface area (Å²) in [4.78, 5) is 31.1. The third-order valence-electron chi connectivity index (χ3n) is 8.01. The van der Waals surface area contributed by atoms with Crippen molar-refractivity contribution in [3.05, 3.63) is 119 Å². The summed E-state index contributed by atoms with van der Waals surface area (Å²) in [5.41, 5.74) is 3.45. The second kappa shape index (κ2) is 13.0. The lowest BCUT2D eigenvalue weighted by Crippen LogP contribution is -2.51. The summed E-state index contributed by atoms with van der Waals surface area (Å²) in [6.45, 7) is 1.78. The van der Waals surface area contributed by atoms with E-state index in [9.17, 15) is 40.3 Å². The number of thiophene rings is 1. The van der Waals surface area contributed by atoms with Crippen LogP contribution in [0.4, 0.5) is 36.4 Å². The van der Waals surface area contributed by atoms with Crippen molar-refractivity contribution < 1.29 is 30.7 Å². The largest absolute Gasteiger partial charge is 0.425 e. The van der Waals surface area contributed by atoms with Crippen LogP contribution in [-0.4, -0.2) is 40.2 Å². The molecule has 1 fully saturated rings. The van der Waals surface area contributed by atoms with E-state index in [2.05, 4.69) is 0 Å². The molecule has 1 aliphatic heterocycles. The Hall–Kier alpha value is -3.95. The maximum Gasteiger partial charge on any atom is 0.425 e. The predicted molar refractivity (Wildman–Crippen MR) is 160 cm³/mol. The molecule has 1 aliphatic rings. The number of hydrogen-bond donors (Lipinski definition) is 1. The minimum Gasteiger partial charge on any atom is -0.363 e. The molecule has 0 amide bonds. The summed E-state index contributed by atoms with van der Waals surface area (Å²) in [5.74, 6) is -1.16. The lowest BCUT2D eigenvalue weighted by molar-refractivity contribution is -0.138. The Morgan fingerprint density at radius 1 is 0.826 bits per heavy atom. The van der Waals surface area contributed by atoms with Crippen molar-refractivity contribution in [1.29, 1.82) is 0 Å². The van der Waals surface area contributed by atoms with E-state index in [1.807, 2.05) is 4.90 Å². The second-order valence-electron chi connectivity index (χ2n) is 11.0. The van der Waals surface area contributed by atoms with Crippen molar-refractivity contribution in [2.75, 3.05) is 31.1 Å². The highest BCUT2D eigenvalue weighted by atomic mass is 32.1. The van der Waals surface area contributed by atoms with Crippen LogP contribution in [0.5, 0.6) is 0 Å². The molecule has 0 radical (unpaired) electrons. The lowest BCUT2D eigenvalue weighted by atomic mass is 10.1. The first-order valence-electron chi connectivity index (χ1n) is 14.3. The van der Waals surface area contributed by atoms with E-state index in [4.69, 9.17) is 5.73 Å². The van der Waals surface area contributed by atoms with E-state index in [-0.39, 0.29) is 37.6 Å². The first kappa shape index (κ1) is 33.4. The standard InChI is InChI=1S/C31H30F7N5O2S/c1-19-27(41-14-12-40(13-15-41)16-21-10-11-26(46-21)31(36,37)38)28(44)43(18-25(39)20-6-3-2-4-7-20)29(45)42(19)17-22-23(30(33,34)35)8-5-9-24(22)32/h2-11,25H,12-18,39H2,1H3/t25-/m0/s1. The van der Waals surface area contributed by atoms with Gasteiger partial charge in [-0.25, -0.2) is 9.18 Å². The van der Waals surface area contributed by atoms with E-state index in [0.717, 1.165) is 33.4 Å². The van der Waals surface area contributed by atoms with Gasteiger partial charge in [-0.2, -0.15) is 26.3 Å². The molecule has 0 aliphatic carbocycles. The van der Waals surface area contributed by atoms with Gasteiger partial charge in [-0.3, -0.25) is 18.8 Å². The molecule has 0 unspecified atom stereocenters. The Kier molecular flexibility index (Phi) is 9.47. The Labute approximate surface area is 262 Å². The van der Waals surface area contributed by atoms with Crippen LogP contribution in [0.3, 0.4) is 0 Å². The maximum absolute atomic E-state index is 14.9. The Balaban J connectivity index is 1.50. The molecule has 2 N–H and O–H groups in total. The number of benzene rings is 2. The van der Waals surface area contributed by atoms with Crippen LogP contribution in [0.2, 0.25) is 0 Å². The van der Waals surface area contributed by atoms with E-state index in [1.54, 1.807) is 35.2 Å². The fourth-order valence-electron chi connectivity index (χ4n) is 5.61. The van der Waals surface area contributed by atoms with Crippen molar-refractivity contribution in [3.8, 4) is 0 Å². The molecule has 46 heavy (non-hydrogen) atoms. The number of rotatable bonds is 8. The zero-order valence-corrected chi connectivity index (χ0v) is 25.4. The monoisotopic (exact) mass is 669 g/mol. The molecule has 7 nitrogen and oxygen atoms in total. The van der Waals surface area contributed by atoms with Gasteiger partial charge in [0.15, 0.2) is 0 Å². The normalized spacial score (nSPS) is 15.4. The molecule has 246 valence electrons. The lowest BCUT2D eigenvalue weighted by Gasteiger charge is -2.36. The molecule has 0 spiro atoms. The first-order chi connectivity index (χ1) is 21.6. The molecule has 1 atom stereocenters. The van der Waals surface area contributed by atoms with Crippen LogP contribution in [0.25, 0.3) is 0 Å². The Morgan fingerprint density at radius 2 is 1.50 bits per heavy atom. The van der Waals surface area contributed by atoms with Crippen LogP contribution in [0.15, 0.2) is 70.3 Å². The van der Waals surface area contributed by atoms with Crippen LogP contribution in [0.1, 0.15) is 38.2 Å². The molecular weight excluding hydrogens is 639 g/mol. The third-order valence-corrected chi connectivity index (χ3v) is 9.13. The van der Waals surface area contributed by atoms with E-state index >= 15 is 0 Å². The van der Waals surface area contributed by atoms with Gasteiger partial charge in [0, 0.05) is 54.9 Å². The van der Waals surface area contributed by atoms with Gasteiger partial charge in [-0.1, -0.05) is 36.4 Å². The zero-order valence-electron chi connectivity index (χ0n) is 24.5. The van der Waals surface area contributed by atoms with Crippen LogP contribution < -0.4 is 21.9 Å². The van der Waals surface area contributed by atoms with Crippen molar-refractivity contribution in [2.45, 2.75) is 45.0 Å². The molecule has 0 saturated carbocycles. The number of halogens is 7. The fraction of sp³-hybridized carbons (Fsp3) is 0.355. The highest BCUT2D eigenvalue weighted by Gasteiger charge is 2.36. The second-order valence-corrected chi connectivity index (χ2v) is 12.2. The van der Waals surface area contributed by atoms with Gasteiger partial charge >= 0.3 is 18.0 Å². The van der Waals surface area contributed by atoms with Crippen LogP contribution in [-0.2, 0) is 32.0 Å². The van der Waals surface area contributed by atoms with Gasteiger partial charge < -0.3 is 10.6 Å². The molecule has 2 aromatic carbocycles. The molecule has 1 saturated heterocycles. The molecule has 0 bridgehead atoms. The summed E-state index contributed by atoms with van der Waals surface area (Å²) in [5, 5.41) is 0. The number of piperazine rings is 1. The van der Waals surface area contributed by atoms with Gasteiger partial charge in [0.05, 0.1) is 18.7 Å². The van der Waals surface area contributed by atoms with Gasteiger partial charge in [-0.15, -0.1) is 11.3 Å². The number of alkyl halides is 6. The zero-order chi connectivity index (χ0) is 33.4. The topological polar surface area (TPSA) is 76.5 Å². The Bertz CT molecular complexity index is 1810. The number of nitrogens with two attached hydrogens (primary N) is 1. The number of anilines is 1. The maximum atomic E-state index is 14.9. The average molecular weight is 670 g/mol. The SMILES string of the molecule is Cc1c(N2CCN(Cc3ccc(C(F)(F)F)s3)CC2)c(=O)n(C[C@H](N)c2ccccc2)c(=O)n1Cc1c(F)cccc1C(F)(F)F. The molecule has 2 aromatic heterocycles. The van der Waals surface area contributed by atoms with Gasteiger partial charge in [0.2, 0.25) is 0 Å². The van der Waals surface area contributed by atoms with E-state index in [1.165, 1.54) is 13.0 Å². The van der Waals surface area contributed by atoms with Crippen molar-refractivity contribution in [1.82, 2.24) is 14.0 Å². The van der Waals surface area contributed by atoms with Crippen molar-refractivity contribution >= 4 is 17.0 Å². The van der Waals surface area contributed by atoms with E-state index in [0.29, 0.717) is 34.9 Å². The minimum absolute atomic E-state index is 0.0532. The molecule has 4 aromatic rings. The average Bonchev–Trinajstić information content (AvgIpc) is 3.48. The summed E-state index contributed by atoms with van der Waals surface area (Å²) >= 11 is 0.655. The first-order valence-corrected chi connectivity index (χ1v) is 15.1. The van der Waals surface area contributed by atoms with E-state index < -0.39 is 58.0 Å². The highest BCUT2D eigenvalue weighted by molar-refractivity contribution is 7.12. The third kappa shape index (κ3) is 7.05. The van der Waals surface area contributed by atoms with Crippen molar-refractivity contribution in [2.24, 2.45) is 5.73 Å². The van der Waals surface area contributed by atoms with Gasteiger partial charge in [0.1, 0.15) is 16.4 Å². The summed E-state index contributed by atoms with van der Waals surface area (Å²) in [6, 6.07) is 12.8. The number of aromatic nitrogens is 2. The highest BCUT2D eigenvalue weighted by Crippen LogP contribution is 2.36. The molecule has 5 rings (SSSR count).